The molecule has 2 heterocycles. The molecule has 0 spiro atoms. The topological polar surface area (TPSA) is 62.4 Å². The van der Waals surface area contributed by atoms with Gasteiger partial charge < -0.3 is 14.6 Å². The number of amides is 1. The normalized spacial score (nSPS) is 25.9. The van der Waals surface area contributed by atoms with Gasteiger partial charge in [0.1, 0.15) is 5.56 Å². The van der Waals surface area contributed by atoms with E-state index in [-0.39, 0.29) is 23.7 Å². The van der Waals surface area contributed by atoms with Crippen LogP contribution in [-0.2, 0) is 17.6 Å². The Bertz CT molecular complexity index is 707. The molecule has 0 aromatic carbocycles. The van der Waals surface area contributed by atoms with Crippen LogP contribution in [0.5, 0.6) is 0 Å². The Kier molecular flexibility index (Phi) is 4.67. The highest BCUT2D eigenvalue weighted by Crippen LogP contribution is 2.37. The van der Waals surface area contributed by atoms with Gasteiger partial charge in [-0.25, -0.2) is 0 Å². The monoisotopic (exact) mass is 344 g/mol. The van der Waals surface area contributed by atoms with Crippen LogP contribution in [0.3, 0.4) is 0 Å². The van der Waals surface area contributed by atoms with Crippen LogP contribution in [-0.4, -0.2) is 41.1 Å². The molecule has 1 saturated heterocycles. The number of unbranched alkanes of at least 4 members (excludes halogenated alkanes) is 1. The van der Waals surface area contributed by atoms with Crippen LogP contribution in [0, 0.1) is 5.92 Å². The fourth-order valence-electron chi connectivity index (χ4n) is 4.20. The van der Waals surface area contributed by atoms with Crippen molar-refractivity contribution in [2.45, 2.75) is 70.5 Å². The van der Waals surface area contributed by atoms with E-state index in [0.29, 0.717) is 24.6 Å². The summed E-state index contributed by atoms with van der Waals surface area (Å²) in [6.45, 7) is 3.41. The highest BCUT2D eigenvalue weighted by molar-refractivity contribution is 5.94. The van der Waals surface area contributed by atoms with Crippen molar-refractivity contribution >= 4 is 5.91 Å². The maximum Gasteiger partial charge on any atom is 0.261 e. The van der Waals surface area contributed by atoms with Crippen molar-refractivity contribution in [3.63, 3.8) is 0 Å². The van der Waals surface area contributed by atoms with Gasteiger partial charge in [-0.3, -0.25) is 9.59 Å². The summed E-state index contributed by atoms with van der Waals surface area (Å²) in [7, 11) is 0. The van der Waals surface area contributed by atoms with Crippen molar-refractivity contribution in [2.75, 3.05) is 13.1 Å². The smallest absolute Gasteiger partial charge is 0.261 e. The van der Waals surface area contributed by atoms with E-state index < -0.39 is 0 Å². The average molecular weight is 344 g/mol. The van der Waals surface area contributed by atoms with Crippen molar-refractivity contribution in [1.29, 1.82) is 0 Å². The third-order valence-electron chi connectivity index (χ3n) is 5.82. The fourth-order valence-corrected chi connectivity index (χ4v) is 4.20. The Morgan fingerprint density at radius 3 is 2.92 bits per heavy atom. The highest BCUT2D eigenvalue weighted by Gasteiger charge is 2.40. The second-order valence-corrected chi connectivity index (χ2v) is 7.86. The lowest BCUT2D eigenvalue weighted by Crippen LogP contribution is -2.51. The molecule has 2 aliphatic carbocycles. The molecule has 136 valence electrons. The number of nitrogens with one attached hydrogen (secondary N) is 1. The molecule has 0 bridgehead atoms. The quantitative estimate of drug-likeness (QED) is 0.893. The van der Waals surface area contributed by atoms with Gasteiger partial charge in [-0.1, -0.05) is 19.8 Å². The zero-order valence-corrected chi connectivity index (χ0v) is 15.1. The molecule has 5 heteroatoms. The molecule has 1 aromatic rings. The Balaban J connectivity index is 1.54. The standard InChI is InChI=1S/C20H28N2O3/c1-2-3-6-15-11-22(12-18(25-15)13-8-9-13)20(24)16-10-14-5-4-7-17(14)21-19(16)23/h10,13,15,18H,2-9,11-12H2,1H3,(H,21,23)/t15-,18-/m1/s1. The SMILES string of the molecule is CCCC[C@@H]1CN(C(=O)c2cc3c([nH]c2=O)CCC3)C[C@H](C2CC2)O1. The van der Waals surface area contributed by atoms with E-state index in [0.717, 1.165) is 49.8 Å². The first-order valence-corrected chi connectivity index (χ1v) is 9.85. The number of aromatic amines is 1. The Morgan fingerprint density at radius 2 is 2.16 bits per heavy atom. The van der Waals surface area contributed by atoms with Gasteiger partial charge in [-0.15, -0.1) is 0 Å². The van der Waals surface area contributed by atoms with E-state index in [2.05, 4.69) is 11.9 Å². The van der Waals surface area contributed by atoms with E-state index in [1.165, 1.54) is 12.8 Å². The lowest BCUT2D eigenvalue weighted by molar-refractivity contribution is -0.0874. The Morgan fingerprint density at radius 1 is 1.32 bits per heavy atom. The maximum atomic E-state index is 13.1. The first-order chi connectivity index (χ1) is 12.2. The van der Waals surface area contributed by atoms with E-state index in [9.17, 15) is 9.59 Å². The van der Waals surface area contributed by atoms with Gasteiger partial charge in [0.15, 0.2) is 0 Å². The molecule has 0 radical (unpaired) electrons. The number of fused-ring (bicyclic) bond motifs is 1. The Labute approximate surface area is 148 Å². The van der Waals surface area contributed by atoms with Gasteiger partial charge in [-0.05, 0) is 56.1 Å². The third-order valence-corrected chi connectivity index (χ3v) is 5.82. The molecule has 2 atom stereocenters. The summed E-state index contributed by atoms with van der Waals surface area (Å²) >= 11 is 0. The van der Waals surface area contributed by atoms with Crippen LogP contribution >= 0.6 is 0 Å². The zero-order valence-electron chi connectivity index (χ0n) is 15.1. The van der Waals surface area contributed by atoms with Crippen molar-refractivity contribution in [3.8, 4) is 0 Å². The maximum absolute atomic E-state index is 13.1. The number of H-pyrrole nitrogens is 1. The molecule has 3 aliphatic rings. The predicted octanol–water partition coefficient (Wildman–Crippen LogP) is 2.67. The molecular formula is C20H28N2O3. The van der Waals surface area contributed by atoms with Crippen LogP contribution in [0.25, 0.3) is 0 Å². The summed E-state index contributed by atoms with van der Waals surface area (Å²) in [5.41, 5.74) is 2.23. The first-order valence-electron chi connectivity index (χ1n) is 9.85. The van der Waals surface area contributed by atoms with E-state index in [1.54, 1.807) is 0 Å². The molecule has 1 N–H and O–H groups in total. The van der Waals surface area contributed by atoms with Crippen molar-refractivity contribution in [3.05, 3.63) is 33.2 Å². The average Bonchev–Trinajstić information content (AvgIpc) is 3.38. The number of rotatable bonds is 5. The third kappa shape index (κ3) is 3.52. The number of carbonyl (C=O) groups is 1. The van der Waals surface area contributed by atoms with Gasteiger partial charge in [0, 0.05) is 18.8 Å². The van der Waals surface area contributed by atoms with Crippen LogP contribution < -0.4 is 5.56 Å². The largest absolute Gasteiger partial charge is 0.371 e. The summed E-state index contributed by atoms with van der Waals surface area (Å²) in [5, 5.41) is 0. The summed E-state index contributed by atoms with van der Waals surface area (Å²) in [5.74, 6) is 0.476. The van der Waals surface area contributed by atoms with Gasteiger partial charge >= 0.3 is 0 Å². The molecule has 1 aromatic heterocycles. The molecule has 4 rings (SSSR count). The van der Waals surface area contributed by atoms with Crippen LogP contribution in [0.15, 0.2) is 10.9 Å². The van der Waals surface area contributed by atoms with E-state index in [4.69, 9.17) is 4.74 Å². The number of pyridine rings is 1. The minimum atomic E-state index is -0.231. The summed E-state index contributed by atoms with van der Waals surface area (Å²) in [6.07, 6.45) is 8.83. The number of nitrogens with zero attached hydrogens (tertiary/aromatic N) is 1. The first kappa shape index (κ1) is 16.8. The number of carbonyl (C=O) groups excluding carboxylic acids is 1. The predicted molar refractivity (Wildman–Crippen MR) is 95.9 cm³/mol. The van der Waals surface area contributed by atoms with Crippen molar-refractivity contribution < 1.29 is 9.53 Å². The molecule has 2 fully saturated rings. The number of hydrogen-bond donors (Lipinski definition) is 1. The van der Waals surface area contributed by atoms with Crippen LogP contribution in [0.2, 0.25) is 0 Å². The van der Waals surface area contributed by atoms with Crippen LogP contribution in [0.1, 0.15) is 67.1 Å². The molecule has 25 heavy (non-hydrogen) atoms. The highest BCUT2D eigenvalue weighted by atomic mass is 16.5. The minimum Gasteiger partial charge on any atom is -0.371 e. The van der Waals surface area contributed by atoms with Crippen LogP contribution in [0.4, 0.5) is 0 Å². The molecule has 1 amide bonds. The number of aryl methyl sites for hydroxylation is 2. The van der Waals surface area contributed by atoms with Gasteiger partial charge in [0.05, 0.1) is 12.2 Å². The molecular weight excluding hydrogens is 316 g/mol. The van der Waals surface area contributed by atoms with E-state index >= 15 is 0 Å². The van der Waals surface area contributed by atoms with E-state index in [1.807, 2.05) is 11.0 Å². The fraction of sp³-hybridized carbons (Fsp3) is 0.700. The lowest BCUT2D eigenvalue weighted by Gasteiger charge is -2.38. The van der Waals surface area contributed by atoms with Crippen molar-refractivity contribution in [1.82, 2.24) is 9.88 Å². The number of ether oxygens (including phenoxy) is 1. The minimum absolute atomic E-state index is 0.108. The second kappa shape index (κ2) is 6.94. The zero-order chi connectivity index (χ0) is 17.4. The molecule has 1 aliphatic heterocycles. The summed E-state index contributed by atoms with van der Waals surface area (Å²) < 4.78 is 6.25. The van der Waals surface area contributed by atoms with Gasteiger partial charge in [0.25, 0.3) is 11.5 Å². The van der Waals surface area contributed by atoms with Gasteiger partial charge in [0.2, 0.25) is 0 Å². The molecule has 0 unspecified atom stereocenters. The number of hydrogen-bond acceptors (Lipinski definition) is 3. The second-order valence-electron chi connectivity index (χ2n) is 7.86. The summed E-state index contributed by atoms with van der Waals surface area (Å²) in [6, 6.07) is 1.84. The summed E-state index contributed by atoms with van der Waals surface area (Å²) in [4.78, 5) is 30.3. The van der Waals surface area contributed by atoms with Gasteiger partial charge in [-0.2, -0.15) is 0 Å². The van der Waals surface area contributed by atoms with Crippen molar-refractivity contribution in [2.24, 2.45) is 5.92 Å². The number of aromatic nitrogens is 1. The molecule has 5 nitrogen and oxygen atoms in total. The molecule has 1 saturated carbocycles. The number of morpholine rings is 1. The Hall–Kier alpha value is -1.62. The lowest BCUT2D eigenvalue weighted by atomic mass is 10.1.